The van der Waals surface area contributed by atoms with Crippen LogP contribution in [0.15, 0.2) is 31.6 Å². The van der Waals surface area contributed by atoms with Gasteiger partial charge in [0.05, 0.1) is 0 Å². The summed E-state index contributed by atoms with van der Waals surface area (Å²) in [5.41, 5.74) is -0.306. The number of aromatic amines is 1. The number of aromatic carboxylic acids is 1. The molecule has 0 atom stereocenters. The normalized spacial score (nSPS) is 10.6. The SMILES string of the molecule is CCn1c(Sc2ccc(C(=O)O)o2)n[nH]c1=O. The molecule has 2 aromatic heterocycles. The monoisotopic (exact) mass is 255 g/mol. The van der Waals surface area contributed by atoms with Crippen molar-refractivity contribution < 1.29 is 14.3 Å². The molecule has 90 valence electrons. The van der Waals surface area contributed by atoms with Crippen LogP contribution in [0.25, 0.3) is 0 Å². The highest BCUT2D eigenvalue weighted by Gasteiger charge is 2.13. The third-order valence-corrected chi connectivity index (χ3v) is 2.94. The summed E-state index contributed by atoms with van der Waals surface area (Å²) < 4.78 is 6.48. The van der Waals surface area contributed by atoms with E-state index >= 15 is 0 Å². The minimum atomic E-state index is -1.13. The van der Waals surface area contributed by atoms with E-state index in [9.17, 15) is 9.59 Å². The first-order chi connectivity index (χ1) is 8.11. The van der Waals surface area contributed by atoms with E-state index < -0.39 is 5.97 Å². The Labute approximate surface area is 99.4 Å². The molecular weight excluding hydrogens is 246 g/mol. The number of nitrogens with one attached hydrogen (secondary N) is 1. The number of carboxylic acids is 1. The van der Waals surface area contributed by atoms with E-state index in [1.165, 1.54) is 16.7 Å². The van der Waals surface area contributed by atoms with Crippen molar-refractivity contribution in [3.8, 4) is 0 Å². The summed E-state index contributed by atoms with van der Waals surface area (Å²) in [6.45, 7) is 2.29. The Balaban J connectivity index is 2.25. The summed E-state index contributed by atoms with van der Waals surface area (Å²) in [4.78, 5) is 21.9. The van der Waals surface area contributed by atoms with Gasteiger partial charge in [-0.05, 0) is 30.8 Å². The topological polar surface area (TPSA) is 101 Å². The van der Waals surface area contributed by atoms with Crippen molar-refractivity contribution in [2.24, 2.45) is 0 Å². The van der Waals surface area contributed by atoms with E-state index in [4.69, 9.17) is 9.52 Å². The standard InChI is InChI=1S/C9H9N3O4S/c1-2-12-8(15)10-11-9(12)17-6-4-3-5(16-6)7(13)14/h3-4H,2H2,1H3,(H,10,15)(H,13,14). The minimum Gasteiger partial charge on any atom is -0.475 e. The van der Waals surface area contributed by atoms with Gasteiger partial charge in [-0.3, -0.25) is 4.57 Å². The maximum absolute atomic E-state index is 11.3. The van der Waals surface area contributed by atoms with Crippen molar-refractivity contribution in [1.29, 1.82) is 0 Å². The molecule has 0 amide bonds. The number of carboxylic acid groups (broad SMARTS) is 1. The fourth-order valence-corrected chi connectivity index (χ4v) is 2.10. The molecule has 7 nitrogen and oxygen atoms in total. The first-order valence-electron chi connectivity index (χ1n) is 4.78. The predicted octanol–water partition coefficient (Wildman–Crippen LogP) is 1.03. The number of aromatic nitrogens is 3. The van der Waals surface area contributed by atoms with Gasteiger partial charge in [-0.15, -0.1) is 5.10 Å². The Morgan fingerprint density at radius 2 is 2.41 bits per heavy atom. The first kappa shape index (κ1) is 11.5. The van der Waals surface area contributed by atoms with Crippen molar-refractivity contribution in [1.82, 2.24) is 14.8 Å². The second kappa shape index (κ2) is 4.50. The van der Waals surface area contributed by atoms with Crippen molar-refractivity contribution in [3.05, 3.63) is 28.4 Å². The molecule has 0 saturated heterocycles. The van der Waals surface area contributed by atoms with E-state index in [1.54, 1.807) is 0 Å². The molecular formula is C9H9N3O4S. The number of rotatable bonds is 4. The molecule has 0 saturated carbocycles. The molecule has 8 heteroatoms. The van der Waals surface area contributed by atoms with Crippen LogP contribution in [-0.2, 0) is 6.54 Å². The summed E-state index contributed by atoms with van der Waals surface area (Å²) in [5.74, 6) is -1.28. The Hall–Kier alpha value is -1.96. The highest BCUT2D eigenvalue weighted by Crippen LogP contribution is 2.26. The molecule has 0 aromatic carbocycles. The molecule has 0 aliphatic rings. The van der Waals surface area contributed by atoms with E-state index in [2.05, 4.69) is 10.2 Å². The van der Waals surface area contributed by atoms with Gasteiger partial charge in [0.15, 0.2) is 10.2 Å². The van der Waals surface area contributed by atoms with Crippen LogP contribution >= 0.6 is 11.8 Å². The van der Waals surface area contributed by atoms with Crippen LogP contribution in [0.3, 0.4) is 0 Å². The van der Waals surface area contributed by atoms with Gasteiger partial charge in [-0.1, -0.05) is 0 Å². The van der Waals surface area contributed by atoms with Crippen LogP contribution in [0.1, 0.15) is 17.5 Å². The molecule has 2 aromatic rings. The van der Waals surface area contributed by atoms with Crippen LogP contribution in [0.2, 0.25) is 0 Å². The number of hydrogen-bond acceptors (Lipinski definition) is 5. The molecule has 0 aliphatic carbocycles. The largest absolute Gasteiger partial charge is 0.475 e. The summed E-state index contributed by atoms with van der Waals surface area (Å²) in [6.07, 6.45) is 0. The van der Waals surface area contributed by atoms with E-state index in [-0.39, 0.29) is 11.4 Å². The van der Waals surface area contributed by atoms with Crippen LogP contribution in [0.5, 0.6) is 0 Å². The molecule has 17 heavy (non-hydrogen) atoms. The smallest absolute Gasteiger partial charge is 0.371 e. The molecule has 0 bridgehead atoms. The lowest BCUT2D eigenvalue weighted by Gasteiger charge is -1.98. The average Bonchev–Trinajstić information content (AvgIpc) is 2.87. The van der Waals surface area contributed by atoms with E-state index in [1.807, 2.05) is 6.92 Å². The fraction of sp³-hybridized carbons (Fsp3) is 0.222. The van der Waals surface area contributed by atoms with Gasteiger partial charge in [-0.25, -0.2) is 14.7 Å². The molecule has 0 spiro atoms. The van der Waals surface area contributed by atoms with Gasteiger partial charge >= 0.3 is 11.7 Å². The number of hydrogen-bond donors (Lipinski definition) is 2. The molecule has 0 fully saturated rings. The molecule has 0 unspecified atom stereocenters. The number of H-pyrrole nitrogens is 1. The number of nitrogens with zero attached hydrogens (tertiary/aromatic N) is 2. The summed E-state index contributed by atoms with van der Waals surface area (Å²) in [6, 6.07) is 2.87. The average molecular weight is 255 g/mol. The number of furan rings is 1. The van der Waals surface area contributed by atoms with Gasteiger partial charge in [0.2, 0.25) is 5.76 Å². The third kappa shape index (κ3) is 2.26. The van der Waals surface area contributed by atoms with Crippen molar-refractivity contribution >= 4 is 17.7 Å². The molecule has 2 rings (SSSR count). The van der Waals surface area contributed by atoms with Gasteiger partial charge < -0.3 is 9.52 Å². The van der Waals surface area contributed by atoms with Crippen LogP contribution in [0, 0.1) is 0 Å². The zero-order valence-corrected chi connectivity index (χ0v) is 9.65. The number of carbonyl (C=O) groups is 1. The van der Waals surface area contributed by atoms with Crippen molar-refractivity contribution in [2.45, 2.75) is 23.7 Å². The maximum atomic E-state index is 11.3. The lowest BCUT2D eigenvalue weighted by Crippen LogP contribution is -2.15. The molecule has 0 aliphatic heterocycles. The second-order valence-corrected chi connectivity index (χ2v) is 4.05. The Morgan fingerprint density at radius 3 is 3.00 bits per heavy atom. The maximum Gasteiger partial charge on any atom is 0.371 e. The first-order valence-corrected chi connectivity index (χ1v) is 5.59. The van der Waals surface area contributed by atoms with Crippen LogP contribution in [-0.4, -0.2) is 25.8 Å². The summed E-state index contributed by atoms with van der Waals surface area (Å²) in [7, 11) is 0. The van der Waals surface area contributed by atoms with Gasteiger partial charge in [0.1, 0.15) is 0 Å². The predicted molar refractivity (Wildman–Crippen MR) is 58.3 cm³/mol. The quantitative estimate of drug-likeness (QED) is 0.846. The Bertz CT molecular complexity index is 597. The Kier molecular flexibility index (Phi) is 3.05. The van der Waals surface area contributed by atoms with E-state index in [0.717, 1.165) is 11.8 Å². The fourth-order valence-electron chi connectivity index (χ4n) is 1.24. The third-order valence-electron chi connectivity index (χ3n) is 2.02. The van der Waals surface area contributed by atoms with Crippen molar-refractivity contribution in [2.75, 3.05) is 0 Å². The second-order valence-electron chi connectivity index (χ2n) is 3.08. The highest BCUT2D eigenvalue weighted by atomic mass is 32.2. The zero-order chi connectivity index (χ0) is 12.4. The van der Waals surface area contributed by atoms with Gasteiger partial charge in [0, 0.05) is 6.54 Å². The highest BCUT2D eigenvalue weighted by molar-refractivity contribution is 7.99. The minimum absolute atomic E-state index is 0.145. The summed E-state index contributed by atoms with van der Waals surface area (Å²) >= 11 is 1.09. The molecule has 2 heterocycles. The van der Waals surface area contributed by atoms with E-state index in [0.29, 0.717) is 16.8 Å². The van der Waals surface area contributed by atoms with Crippen molar-refractivity contribution in [3.63, 3.8) is 0 Å². The Morgan fingerprint density at radius 1 is 1.65 bits per heavy atom. The van der Waals surface area contributed by atoms with Crippen LogP contribution < -0.4 is 5.69 Å². The van der Waals surface area contributed by atoms with Gasteiger partial charge in [-0.2, -0.15) is 0 Å². The summed E-state index contributed by atoms with van der Waals surface area (Å²) in [5, 5.41) is 15.6. The zero-order valence-electron chi connectivity index (χ0n) is 8.84. The molecule has 0 radical (unpaired) electrons. The lowest BCUT2D eigenvalue weighted by atomic mass is 10.5. The lowest BCUT2D eigenvalue weighted by molar-refractivity contribution is 0.0656. The molecule has 2 N–H and O–H groups in total. The van der Waals surface area contributed by atoms with Gasteiger partial charge in [0.25, 0.3) is 0 Å². The van der Waals surface area contributed by atoms with Crippen LogP contribution in [0.4, 0.5) is 0 Å².